The van der Waals surface area contributed by atoms with Gasteiger partial charge in [0.25, 0.3) is 0 Å². The van der Waals surface area contributed by atoms with Crippen molar-refractivity contribution in [1.29, 1.82) is 5.26 Å². The van der Waals surface area contributed by atoms with Crippen molar-refractivity contribution >= 4 is 5.82 Å². The van der Waals surface area contributed by atoms with E-state index in [-0.39, 0.29) is 11.7 Å². The fourth-order valence-corrected chi connectivity index (χ4v) is 0.926. The number of hydrogen-bond donors (Lipinski definition) is 0. The number of ether oxygens (including phenoxy) is 2. The SMILES string of the molecule is [C-]#[N+]c1nc(OC)c(OCC(F)(F)F)nc1C#N. The Balaban J connectivity index is 3.12. The standard InChI is InChI=1S/C9H5F3N4O2/c1-14-6-5(3-13)15-8(7(16-6)17-2)18-4-9(10,11)12/h4H2,2H3. The molecule has 0 saturated carbocycles. The van der Waals surface area contributed by atoms with E-state index in [9.17, 15) is 13.2 Å². The minimum atomic E-state index is -4.56. The Morgan fingerprint density at radius 3 is 2.50 bits per heavy atom. The van der Waals surface area contributed by atoms with Crippen LogP contribution >= 0.6 is 0 Å². The largest absolute Gasteiger partial charge is 0.463 e. The van der Waals surface area contributed by atoms with Crippen LogP contribution in [-0.4, -0.2) is 29.9 Å². The zero-order chi connectivity index (χ0) is 13.8. The lowest BCUT2D eigenvalue weighted by molar-refractivity contribution is -0.154. The predicted molar refractivity (Wildman–Crippen MR) is 51.1 cm³/mol. The summed E-state index contributed by atoms with van der Waals surface area (Å²) < 4.78 is 44.9. The minimum absolute atomic E-state index is 0.367. The highest BCUT2D eigenvalue weighted by Gasteiger charge is 2.30. The smallest absolute Gasteiger partial charge is 0.422 e. The second-order valence-corrected chi connectivity index (χ2v) is 2.84. The molecule has 0 aliphatic rings. The molecule has 0 bridgehead atoms. The van der Waals surface area contributed by atoms with Gasteiger partial charge in [-0.25, -0.2) is 4.98 Å². The minimum Gasteiger partial charge on any atom is -0.463 e. The Morgan fingerprint density at radius 2 is 2.06 bits per heavy atom. The molecule has 0 amide bonds. The van der Waals surface area contributed by atoms with E-state index in [1.54, 1.807) is 0 Å². The van der Waals surface area contributed by atoms with Crippen LogP contribution in [0.4, 0.5) is 19.0 Å². The highest BCUT2D eigenvalue weighted by atomic mass is 19.4. The summed E-state index contributed by atoms with van der Waals surface area (Å²) in [5.41, 5.74) is -0.428. The summed E-state index contributed by atoms with van der Waals surface area (Å²) in [6, 6.07) is 1.53. The first kappa shape index (κ1) is 13.5. The first-order chi connectivity index (χ1) is 8.41. The van der Waals surface area contributed by atoms with E-state index in [2.05, 4.69) is 24.3 Å². The van der Waals surface area contributed by atoms with Gasteiger partial charge in [-0.2, -0.15) is 18.4 Å². The van der Waals surface area contributed by atoms with Crippen molar-refractivity contribution < 1.29 is 22.6 Å². The van der Waals surface area contributed by atoms with Gasteiger partial charge in [0.15, 0.2) is 12.3 Å². The van der Waals surface area contributed by atoms with E-state index < -0.39 is 24.4 Å². The topological polar surface area (TPSA) is 72.4 Å². The average molecular weight is 258 g/mol. The molecular weight excluding hydrogens is 253 g/mol. The van der Waals surface area contributed by atoms with Gasteiger partial charge in [0.1, 0.15) is 6.07 Å². The van der Waals surface area contributed by atoms with Crippen molar-refractivity contribution in [2.75, 3.05) is 13.7 Å². The lowest BCUT2D eigenvalue weighted by Crippen LogP contribution is -2.20. The highest BCUT2D eigenvalue weighted by Crippen LogP contribution is 2.28. The molecule has 6 nitrogen and oxygen atoms in total. The molecule has 0 unspecified atom stereocenters. The van der Waals surface area contributed by atoms with Crippen molar-refractivity contribution in [2.45, 2.75) is 6.18 Å². The molecule has 0 spiro atoms. The Labute approximate surface area is 99.4 Å². The maximum atomic E-state index is 12.0. The summed E-state index contributed by atoms with van der Waals surface area (Å²) in [6.45, 7) is 5.13. The molecule has 1 aromatic heterocycles. The molecule has 0 aliphatic heterocycles. The van der Waals surface area contributed by atoms with Gasteiger partial charge in [-0.1, -0.05) is 11.6 Å². The number of nitriles is 1. The van der Waals surface area contributed by atoms with Crippen molar-refractivity contribution in [2.24, 2.45) is 0 Å². The molecule has 0 aromatic carbocycles. The van der Waals surface area contributed by atoms with E-state index in [0.717, 1.165) is 7.11 Å². The Kier molecular flexibility index (Phi) is 3.89. The van der Waals surface area contributed by atoms with Crippen LogP contribution in [0.3, 0.4) is 0 Å². The second kappa shape index (κ2) is 5.19. The van der Waals surface area contributed by atoms with Crippen molar-refractivity contribution in [3.8, 4) is 17.8 Å². The lowest BCUT2D eigenvalue weighted by atomic mass is 10.4. The van der Waals surface area contributed by atoms with Crippen molar-refractivity contribution in [3.05, 3.63) is 17.1 Å². The summed E-state index contributed by atoms with van der Waals surface area (Å²) in [5, 5.41) is 8.65. The lowest BCUT2D eigenvalue weighted by Gasteiger charge is -2.09. The van der Waals surface area contributed by atoms with Crippen LogP contribution in [0.1, 0.15) is 5.69 Å². The molecule has 18 heavy (non-hydrogen) atoms. The van der Waals surface area contributed by atoms with Gasteiger partial charge in [0, 0.05) is 0 Å². The summed E-state index contributed by atoms with van der Waals surface area (Å²) in [7, 11) is 1.13. The van der Waals surface area contributed by atoms with Crippen LogP contribution in [-0.2, 0) is 0 Å². The number of aromatic nitrogens is 2. The van der Waals surface area contributed by atoms with E-state index >= 15 is 0 Å². The molecule has 1 rings (SSSR count). The van der Waals surface area contributed by atoms with Crippen molar-refractivity contribution in [1.82, 2.24) is 9.97 Å². The van der Waals surface area contributed by atoms with Gasteiger partial charge in [-0.05, 0) is 0 Å². The molecule has 0 aliphatic carbocycles. The number of alkyl halides is 3. The third-order valence-electron chi connectivity index (χ3n) is 1.59. The Hall–Kier alpha value is -2.55. The molecule has 0 fully saturated rings. The van der Waals surface area contributed by atoms with E-state index in [1.807, 2.05) is 0 Å². The summed E-state index contributed by atoms with van der Waals surface area (Å²) in [4.78, 5) is 9.87. The van der Waals surface area contributed by atoms with Gasteiger partial charge in [0.05, 0.1) is 7.11 Å². The number of methoxy groups -OCH3 is 1. The van der Waals surface area contributed by atoms with Gasteiger partial charge in [0.2, 0.25) is 0 Å². The number of nitrogens with zero attached hydrogens (tertiary/aromatic N) is 4. The Bertz CT molecular complexity index is 530. The van der Waals surface area contributed by atoms with E-state index in [4.69, 9.17) is 11.8 Å². The van der Waals surface area contributed by atoms with E-state index in [0.29, 0.717) is 0 Å². The quantitative estimate of drug-likeness (QED) is 0.773. The predicted octanol–water partition coefficient (Wildman–Crippen LogP) is 1.85. The molecule has 0 radical (unpaired) electrons. The average Bonchev–Trinajstić information content (AvgIpc) is 2.34. The molecule has 1 aromatic rings. The summed E-state index contributed by atoms with van der Waals surface area (Å²) >= 11 is 0. The number of hydrogen-bond acceptors (Lipinski definition) is 5. The third-order valence-corrected chi connectivity index (χ3v) is 1.59. The summed E-state index contributed by atoms with van der Waals surface area (Å²) in [6.07, 6.45) is -4.56. The molecule has 1 heterocycles. The number of rotatable bonds is 3. The first-order valence-corrected chi connectivity index (χ1v) is 4.34. The first-order valence-electron chi connectivity index (χ1n) is 4.34. The van der Waals surface area contributed by atoms with Crippen LogP contribution in [0.25, 0.3) is 4.85 Å². The number of halogens is 3. The van der Waals surface area contributed by atoms with Crippen molar-refractivity contribution in [3.63, 3.8) is 0 Å². The van der Waals surface area contributed by atoms with Gasteiger partial charge in [-0.15, -0.1) is 0 Å². The fourth-order valence-electron chi connectivity index (χ4n) is 0.926. The zero-order valence-electron chi connectivity index (χ0n) is 8.95. The normalized spacial score (nSPS) is 10.3. The second-order valence-electron chi connectivity index (χ2n) is 2.84. The fraction of sp³-hybridized carbons (Fsp3) is 0.333. The Morgan fingerprint density at radius 1 is 1.39 bits per heavy atom. The molecule has 9 heteroatoms. The van der Waals surface area contributed by atoms with Gasteiger partial charge < -0.3 is 14.3 Å². The van der Waals surface area contributed by atoms with Crippen LogP contribution in [0.15, 0.2) is 0 Å². The highest BCUT2D eigenvalue weighted by molar-refractivity contribution is 5.52. The van der Waals surface area contributed by atoms with Gasteiger partial charge in [-0.3, -0.25) is 0 Å². The summed E-state index contributed by atoms with van der Waals surface area (Å²) in [5.74, 6) is -1.34. The van der Waals surface area contributed by atoms with Crippen LogP contribution in [0, 0.1) is 17.9 Å². The van der Waals surface area contributed by atoms with Crippen LogP contribution in [0.2, 0.25) is 0 Å². The molecule has 0 N–H and O–H groups in total. The van der Waals surface area contributed by atoms with Crippen LogP contribution in [0.5, 0.6) is 11.8 Å². The zero-order valence-corrected chi connectivity index (χ0v) is 8.95. The van der Waals surface area contributed by atoms with Gasteiger partial charge >= 0.3 is 23.8 Å². The molecule has 0 saturated heterocycles. The third kappa shape index (κ3) is 3.22. The molecule has 94 valence electrons. The van der Waals surface area contributed by atoms with E-state index in [1.165, 1.54) is 6.07 Å². The monoisotopic (exact) mass is 258 g/mol. The van der Waals surface area contributed by atoms with Crippen LogP contribution < -0.4 is 9.47 Å². The maximum absolute atomic E-state index is 12.0. The molecule has 0 atom stereocenters. The maximum Gasteiger partial charge on any atom is 0.422 e. The molecular formula is C9H5F3N4O2.